The van der Waals surface area contributed by atoms with Crippen LogP contribution in [0.25, 0.3) is 0 Å². The Hall–Kier alpha value is -2.70. The van der Waals surface area contributed by atoms with E-state index in [1.165, 1.54) is 6.33 Å². The molecular weight excluding hydrogens is 260 g/mol. The molecule has 1 amide bonds. The van der Waals surface area contributed by atoms with Gasteiger partial charge in [-0.05, 0) is 17.7 Å². The summed E-state index contributed by atoms with van der Waals surface area (Å²) in [6, 6.07) is 6.74. The van der Waals surface area contributed by atoms with Gasteiger partial charge in [-0.15, -0.1) is 0 Å². The SMILES string of the molecule is O=C(O)Cc1ccc(NC(=O)CCn2cncn2)cc1. The molecule has 0 fully saturated rings. The second kappa shape index (κ2) is 6.46. The molecule has 0 radical (unpaired) electrons. The molecule has 20 heavy (non-hydrogen) atoms. The molecule has 1 aromatic carbocycles. The molecule has 104 valence electrons. The number of aromatic nitrogens is 3. The molecule has 2 aromatic rings. The van der Waals surface area contributed by atoms with Crippen molar-refractivity contribution >= 4 is 17.6 Å². The summed E-state index contributed by atoms with van der Waals surface area (Å²) in [5, 5.41) is 15.3. The van der Waals surface area contributed by atoms with Gasteiger partial charge in [0.2, 0.25) is 5.91 Å². The molecule has 2 rings (SSSR count). The second-order valence-corrected chi connectivity index (χ2v) is 4.22. The van der Waals surface area contributed by atoms with Crippen LogP contribution in [0.4, 0.5) is 5.69 Å². The first kappa shape index (κ1) is 13.7. The highest BCUT2D eigenvalue weighted by molar-refractivity contribution is 5.90. The summed E-state index contributed by atoms with van der Waals surface area (Å²) < 4.78 is 1.58. The number of carboxylic acid groups (broad SMARTS) is 1. The van der Waals surface area contributed by atoms with Gasteiger partial charge in [-0.3, -0.25) is 14.3 Å². The number of benzene rings is 1. The van der Waals surface area contributed by atoms with Crippen LogP contribution in [-0.4, -0.2) is 31.7 Å². The van der Waals surface area contributed by atoms with E-state index in [2.05, 4.69) is 15.4 Å². The number of aliphatic carboxylic acids is 1. The number of carbonyl (C=O) groups is 2. The maximum absolute atomic E-state index is 11.7. The minimum Gasteiger partial charge on any atom is -0.481 e. The summed E-state index contributed by atoms with van der Waals surface area (Å²) in [5.41, 5.74) is 1.33. The maximum Gasteiger partial charge on any atom is 0.307 e. The Morgan fingerprint density at radius 2 is 2.00 bits per heavy atom. The summed E-state index contributed by atoms with van der Waals surface area (Å²) >= 11 is 0. The molecule has 0 saturated heterocycles. The Bertz CT molecular complexity index is 578. The molecule has 0 bridgehead atoms. The number of carbonyl (C=O) groups excluding carboxylic acids is 1. The second-order valence-electron chi connectivity index (χ2n) is 4.22. The lowest BCUT2D eigenvalue weighted by molar-refractivity contribution is -0.136. The van der Waals surface area contributed by atoms with Gasteiger partial charge >= 0.3 is 5.97 Å². The third kappa shape index (κ3) is 4.20. The van der Waals surface area contributed by atoms with Crippen LogP contribution in [0.2, 0.25) is 0 Å². The van der Waals surface area contributed by atoms with Gasteiger partial charge in [0.1, 0.15) is 12.7 Å². The standard InChI is InChI=1S/C13H14N4O3/c18-12(5-6-17-9-14-8-15-17)16-11-3-1-10(2-4-11)7-13(19)20/h1-4,8-9H,5-7H2,(H,16,18)(H,19,20). The van der Waals surface area contributed by atoms with E-state index in [0.717, 1.165) is 0 Å². The number of amides is 1. The van der Waals surface area contributed by atoms with Gasteiger partial charge < -0.3 is 10.4 Å². The number of aryl methyl sites for hydroxylation is 1. The van der Waals surface area contributed by atoms with E-state index in [9.17, 15) is 9.59 Å². The third-order valence-corrected chi connectivity index (χ3v) is 2.63. The fourth-order valence-electron chi connectivity index (χ4n) is 1.67. The van der Waals surface area contributed by atoms with Crippen molar-refractivity contribution in [3.63, 3.8) is 0 Å². The summed E-state index contributed by atoms with van der Waals surface area (Å²) in [6.07, 6.45) is 3.23. The van der Waals surface area contributed by atoms with Crippen molar-refractivity contribution in [3.8, 4) is 0 Å². The average Bonchev–Trinajstić information content (AvgIpc) is 2.91. The van der Waals surface area contributed by atoms with Crippen LogP contribution in [0.1, 0.15) is 12.0 Å². The van der Waals surface area contributed by atoms with Gasteiger partial charge in [-0.2, -0.15) is 5.10 Å². The van der Waals surface area contributed by atoms with Gasteiger partial charge in [0.25, 0.3) is 0 Å². The molecule has 7 nitrogen and oxygen atoms in total. The van der Waals surface area contributed by atoms with Gasteiger partial charge in [0, 0.05) is 12.1 Å². The zero-order valence-corrected chi connectivity index (χ0v) is 10.7. The van der Waals surface area contributed by atoms with Crippen molar-refractivity contribution in [2.75, 3.05) is 5.32 Å². The summed E-state index contributed by atoms with van der Waals surface area (Å²) in [5.74, 6) is -1.01. The fourth-order valence-corrected chi connectivity index (χ4v) is 1.67. The molecule has 0 spiro atoms. The van der Waals surface area contributed by atoms with E-state index >= 15 is 0 Å². The third-order valence-electron chi connectivity index (χ3n) is 2.63. The molecule has 1 aromatic heterocycles. The molecule has 0 aliphatic rings. The lowest BCUT2D eigenvalue weighted by Crippen LogP contribution is -2.14. The molecule has 1 heterocycles. The first-order valence-corrected chi connectivity index (χ1v) is 6.06. The lowest BCUT2D eigenvalue weighted by atomic mass is 10.1. The van der Waals surface area contributed by atoms with Crippen molar-refractivity contribution in [2.24, 2.45) is 0 Å². The number of hydrogen-bond acceptors (Lipinski definition) is 4. The highest BCUT2D eigenvalue weighted by atomic mass is 16.4. The van der Waals surface area contributed by atoms with Crippen LogP contribution in [0.5, 0.6) is 0 Å². The normalized spacial score (nSPS) is 10.2. The van der Waals surface area contributed by atoms with Gasteiger partial charge in [-0.1, -0.05) is 12.1 Å². The van der Waals surface area contributed by atoms with Crippen molar-refractivity contribution < 1.29 is 14.7 Å². The van der Waals surface area contributed by atoms with E-state index in [1.54, 1.807) is 35.3 Å². The molecule has 0 atom stereocenters. The summed E-state index contributed by atoms with van der Waals surface area (Å²) in [7, 11) is 0. The van der Waals surface area contributed by atoms with Crippen molar-refractivity contribution in [1.82, 2.24) is 14.8 Å². The van der Waals surface area contributed by atoms with Gasteiger partial charge in [0.05, 0.1) is 13.0 Å². The Morgan fingerprint density at radius 1 is 1.25 bits per heavy atom. The predicted molar refractivity (Wildman–Crippen MR) is 71.1 cm³/mol. The molecule has 2 N–H and O–H groups in total. The summed E-state index contributed by atoms with van der Waals surface area (Å²) in [6.45, 7) is 0.461. The average molecular weight is 274 g/mol. The minimum atomic E-state index is -0.880. The van der Waals surface area contributed by atoms with E-state index in [0.29, 0.717) is 24.2 Å². The molecule has 0 unspecified atom stereocenters. The van der Waals surface area contributed by atoms with E-state index in [1.807, 2.05) is 0 Å². The van der Waals surface area contributed by atoms with Crippen LogP contribution in [0.15, 0.2) is 36.9 Å². The Kier molecular flexibility index (Phi) is 4.43. The fraction of sp³-hybridized carbons (Fsp3) is 0.231. The molecule has 0 saturated carbocycles. The monoisotopic (exact) mass is 274 g/mol. The summed E-state index contributed by atoms with van der Waals surface area (Å²) in [4.78, 5) is 26.0. The number of carboxylic acids is 1. The van der Waals surface area contributed by atoms with Crippen LogP contribution in [0, 0.1) is 0 Å². The van der Waals surface area contributed by atoms with Gasteiger partial charge in [0.15, 0.2) is 0 Å². The Labute approximate surface area is 115 Å². The lowest BCUT2D eigenvalue weighted by Gasteiger charge is -2.06. The number of anilines is 1. The van der Waals surface area contributed by atoms with Crippen LogP contribution in [-0.2, 0) is 22.6 Å². The van der Waals surface area contributed by atoms with E-state index in [4.69, 9.17) is 5.11 Å². The number of hydrogen-bond donors (Lipinski definition) is 2. The topological polar surface area (TPSA) is 97.1 Å². The smallest absolute Gasteiger partial charge is 0.307 e. The minimum absolute atomic E-state index is 0.0273. The molecule has 0 aliphatic carbocycles. The van der Waals surface area contributed by atoms with Crippen molar-refractivity contribution in [3.05, 3.63) is 42.5 Å². The molecule has 0 aliphatic heterocycles. The highest BCUT2D eigenvalue weighted by Gasteiger charge is 2.04. The largest absolute Gasteiger partial charge is 0.481 e. The quantitative estimate of drug-likeness (QED) is 0.816. The van der Waals surface area contributed by atoms with Gasteiger partial charge in [-0.25, -0.2) is 4.98 Å². The van der Waals surface area contributed by atoms with Crippen LogP contribution in [0.3, 0.4) is 0 Å². The zero-order chi connectivity index (χ0) is 14.4. The first-order chi connectivity index (χ1) is 9.63. The van der Waals surface area contributed by atoms with Crippen LogP contribution < -0.4 is 5.32 Å². The zero-order valence-electron chi connectivity index (χ0n) is 10.7. The van der Waals surface area contributed by atoms with E-state index < -0.39 is 5.97 Å². The molecular formula is C13H14N4O3. The van der Waals surface area contributed by atoms with Crippen molar-refractivity contribution in [2.45, 2.75) is 19.4 Å². The van der Waals surface area contributed by atoms with E-state index in [-0.39, 0.29) is 12.3 Å². The highest BCUT2D eigenvalue weighted by Crippen LogP contribution is 2.10. The number of nitrogens with zero attached hydrogens (tertiary/aromatic N) is 3. The number of nitrogens with one attached hydrogen (secondary N) is 1. The number of rotatable bonds is 6. The first-order valence-electron chi connectivity index (χ1n) is 6.06. The maximum atomic E-state index is 11.7. The Morgan fingerprint density at radius 3 is 2.60 bits per heavy atom. The Balaban J connectivity index is 1.83. The predicted octanol–water partition coefficient (Wildman–Crippen LogP) is 0.934. The van der Waals surface area contributed by atoms with Crippen LogP contribution >= 0.6 is 0 Å². The van der Waals surface area contributed by atoms with Crippen molar-refractivity contribution in [1.29, 1.82) is 0 Å². The molecule has 7 heteroatoms.